The van der Waals surface area contributed by atoms with Gasteiger partial charge in [0.2, 0.25) is 10.0 Å². The van der Waals surface area contributed by atoms with E-state index in [2.05, 4.69) is 22.3 Å². The lowest BCUT2D eigenvalue weighted by atomic mass is 10.0. The molecule has 2 aromatic carbocycles. The molecule has 0 spiro atoms. The van der Waals surface area contributed by atoms with Crippen molar-refractivity contribution in [3.05, 3.63) is 53.6 Å². The van der Waals surface area contributed by atoms with Crippen molar-refractivity contribution in [1.82, 2.24) is 0 Å². The van der Waals surface area contributed by atoms with E-state index in [-0.39, 0.29) is 5.91 Å². The van der Waals surface area contributed by atoms with Crippen LogP contribution in [0.2, 0.25) is 0 Å². The van der Waals surface area contributed by atoms with Crippen LogP contribution in [0.3, 0.4) is 0 Å². The standard InChI is InChI=1S/C23H29N3O3S/c1-30(28,29)26-16-6-7-18-17-19(8-13-22(18)26)23(27)24-20-9-11-21(12-10-20)25-14-4-2-3-5-15-25/h8-13,17H,2-7,14-16H2,1H3,(H,24,27). The van der Waals surface area contributed by atoms with E-state index < -0.39 is 10.0 Å². The Balaban J connectivity index is 1.46. The lowest BCUT2D eigenvalue weighted by Crippen LogP contribution is -2.34. The fourth-order valence-corrected chi connectivity index (χ4v) is 5.33. The van der Waals surface area contributed by atoms with Crippen LogP contribution in [0.4, 0.5) is 17.1 Å². The molecule has 1 N–H and O–H groups in total. The molecule has 0 atom stereocenters. The summed E-state index contributed by atoms with van der Waals surface area (Å²) in [7, 11) is -3.31. The van der Waals surface area contributed by atoms with Crippen molar-refractivity contribution >= 4 is 33.0 Å². The number of aryl methyl sites for hydroxylation is 1. The first-order chi connectivity index (χ1) is 14.4. The first kappa shape index (κ1) is 20.7. The SMILES string of the molecule is CS(=O)(=O)N1CCCc2cc(C(=O)Nc3ccc(N4CCCCCC4)cc3)ccc21. The maximum Gasteiger partial charge on any atom is 0.255 e. The molecule has 2 aliphatic heterocycles. The maximum atomic E-state index is 12.8. The number of carbonyl (C=O) groups excluding carboxylic acids is 1. The van der Waals surface area contributed by atoms with Gasteiger partial charge in [-0.3, -0.25) is 9.10 Å². The third kappa shape index (κ3) is 4.61. The molecule has 1 saturated heterocycles. The number of nitrogens with zero attached hydrogens (tertiary/aromatic N) is 2. The van der Waals surface area contributed by atoms with Gasteiger partial charge in [0.05, 0.1) is 11.9 Å². The third-order valence-electron chi connectivity index (χ3n) is 5.91. The number of rotatable bonds is 4. The van der Waals surface area contributed by atoms with Gasteiger partial charge in [0.1, 0.15) is 0 Å². The number of amides is 1. The zero-order valence-corrected chi connectivity index (χ0v) is 18.2. The Morgan fingerprint density at radius 2 is 1.60 bits per heavy atom. The highest BCUT2D eigenvalue weighted by Crippen LogP contribution is 2.30. The Hall–Kier alpha value is -2.54. The van der Waals surface area contributed by atoms with Crippen LogP contribution in [0.15, 0.2) is 42.5 Å². The Kier molecular flexibility index (Phi) is 5.99. The van der Waals surface area contributed by atoms with Crippen LogP contribution in [0, 0.1) is 0 Å². The summed E-state index contributed by atoms with van der Waals surface area (Å²) in [6.45, 7) is 2.66. The number of fused-ring (bicyclic) bond motifs is 1. The molecular weight excluding hydrogens is 398 g/mol. The molecule has 0 bridgehead atoms. The normalized spacial score (nSPS) is 17.2. The molecular formula is C23H29N3O3S. The number of sulfonamides is 1. The zero-order valence-electron chi connectivity index (χ0n) is 17.4. The molecule has 0 unspecified atom stereocenters. The van der Waals surface area contributed by atoms with Crippen LogP contribution in [0.1, 0.15) is 48.0 Å². The summed E-state index contributed by atoms with van der Waals surface area (Å²) >= 11 is 0. The summed E-state index contributed by atoms with van der Waals surface area (Å²) in [6.07, 6.45) is 7.80. The van der Waals surface area contributed by atoms with E-state index in [9.17, 15) is 13.2 Å². The predicted molar refractivity (Wildman–Crippen MR) is 122 cm³/mol. The second-order valence-electron chi connectivity index (χ2n) is 8.18. The van der Waals surface area contributed by atoms with E-state index in [0.717, 1.165) is 37.2 Å². The van der Waals surface area contributed by atoms with Gasteiger partial charge in [-0.15, -0.1) is 0 Å². The minimum Gasteiger partial charge on any atom is -0.372 e. The van der Waals surface area contributed by atoms with Crippen molar-refractivity contribution in [2.45, 2.75) is 38.5 Å². The Labute approximate surface area is 178 Å². The van der Waals surface area contributed by atoms with Crippen molar-refractivity contribution in [3.63, 3.8) is 0 Å². The Bertz CT molecular complexity index is 1010. The molecule has 2 heterocycles. The van der Waals surface area contributed by atoms with E-state index in [4.69, 9.17) is 0 Å². The number of hydrogen-bond acceptors (Lipinski definition) is 4. The van der Waals surface area contributed by atoms with Crippen molar-refractivity contribution in [2.24, 2.45) is 0 Å². The van der Waals surface area contributed by atoms with Gasteiger partial charge in [-0.2, -0.15) is 0 Å². The van der Waals surface area contributed by atoms with Gasteiger partial charge in [0.15, 0.2) is 0 Å². The molecule has 160 valence electrons. The van der Waals surface area contributed by atoms with E-state index in [1.54, 1.807) is 12.1 Å². The highest BCUT2D eigenvalue weighted by molar-refractivity contribution is 7.92. The van der Waals surface area contributed by atoms with E-state index >= 15 is 0 Å². The highest BCUT2D eigenvalue weighted by atomic mass is 32.2. The smallest absolute Gasteiger partial charge is 0.255 e. The van der Waals surface area contributed by atoms with Crippen LogP contribution in [0.5, 0.6) is 0 Å². The molecule has 0 aromatic heterocycles. The van der Waals surface area contributed by atoms with Crippen LogP contribution in [0.25, 0.3) is 0 Å². The van der Waals surface area contributed by atoms with Crippen molar-refractivity contribution < 1.29 is 13.2 Å². The minimum absolute atomic E-state index is 0.184. The molecule has 0 radical (unpaired) electrons. The second-order valence-corrected chi connectivity index (χ2v) is 10.1. The quantitative estimate of drug-likeness (QED) is 0.800. The fraction of sp³-hybridized carbons (Fsp3) is 0.435. The van der Waals surface area contributed by atoms with Crippen molar-refractivity contribution in [2.75, 3.05) is 40.4 Å². The first-order valence-electron chi connectivity index (χ1n) is 10.7. The number of anilines is 3. The lowest BCUT2D eigenvalue weighted by molar-refractivity contribution is 0.102. The number of nitrogens with one attached hydrogen (secondary N) is 1. The molecule has 2 aliphatic rings. The topological polar surface area (TPSA) is 69.7 Å². The molecule has 6 nitrogen and oxygen atoms in total. The van der Waals surface area contributed by atoms with Gasteiger partial charge < -0.3 is 10.2 Å². The first-order valence-corrected chi connectivity index (χ1v) is 12.5. The van der Waals surface area contributed by atoms with Crippen LogP contribution >= 0.6 is 0 Å². The molecule has 7 heteroatoms. The monoisotopic (exact) mass is 427 g/mol. The van der Waals surface area contributed by atoms with E-state index in [1.807, 2.05) is 18.2 Å². The fourth-order valence-electron chi connectivity index (χ4n) is 4.34. The summed E-state index contributed by atoms with van der Waals surface area (Å²) in [6, 6.07) is 13.3. The van der Waals surface area contributed by atoms with E-state index in [0.29, 0.717) is 17.8 Å². The van der Waals surface area contributed by atoms with Gasteiger partial charge in [0, 0.05) is 36.6 Å². The number of hydrogen-bond donors (Lipinski definition) is 1. The summed E-state index contributed by atoms with van der Waals surface area (Å²) in [5.41, 5.74) is 4.08. The zero-order chi connectivity index (χ0) is 21.1. The molecule has 0 aliphatic carbocycles. The second kappa shape index (κ2) is 8.68. The maximum absolute atomic E-state index is 12.8. The van der Waals surface area contributed by atoms with Gasteiger partial charge in [0.25, 0.3) is 5.91 Å². The molecule has 2 aromatic rings. The van der Waals surface area contributed by atoms with Crippen molar-refractivity contribution in [3.8, 4) is 0 Å². The summed E-state index contributed by atoms with van der Waals surface area (Å²) in [4.78, 5) is 15.2. The predicted octanol–water partition coefficient (Wildman–Crippen LogP) is 4.03. The molecule has 30 heavy (non-hydrogen) atoms. The van der Waals surface area contributed by atoms with Gasteiger partial charge in [-0.1, -0.05) is 12.8 Å². The summed E-state index contributed by atoms with van der Waals surface area (Å²) in [5.74, 6) is -0.184. The molecule has 0 saturated carbocycles. The summed E-state index contributed by atoms with van der Waals surface area (Å²) < 4.78 is 25.5. The highest BCUT2D eigenvalue weighted by Gasteiger charge is 2.24. The lowest BCUT2D eigenvalue weighted by Gasteiger charge is -2.29. The third-order valence-corrected chi connectivity index (χ3v) is 7.09. The molecule has 4 rings (SSSR count). The van der Waals surface area contributed by atoms with Crippen LogP contribution in [-0.2, 0) is 16.4 Å². The van der Waals surface area contributed by atoms with Gasteiger partial charge in [-0.05, 0) is 73.7 Å². The van der Waals surface area contributed by atoms with Gasteiger partial charge in [-0.25, -0.2) is 8.42 Å². The van der Waals surface area contributed by atoms with E-state index in [1.165, 1.54) is 41.9 Å². The number of benzene rings is 2. The number of carbonyl (C=O) groups is 1. The van der Waals surface area contributed by atoms with Crippen LogP contribution in [-0.4, -0.2) is 40.2 Å². The van der Waals surface area contributed by atoms with Crippen LogP contribution < -0.4 is 14.5 Å². The summed E-state index contributed by atoms with van der Waals surface area (Å²) in [5, 5.41) is 2.96. The molecule has 1 fully saturated rings. The average Bonchev–Trinajstić information content (AvgIpc) is 3.02. The average molecular weight is 428 g/mol. The van der Waals surface area contributed by atoms with Gasteiger partial charge >= 0.3 is 0 Å². The Morgan fingerprint density at radius 3 is 2.27 bits per heavy atom. The minimum atomic E-state index is -3.31. The largest absolute Gasteiger partial charge is 0.372 e. The molecule has 1 amide bonds. The Morgan fingerprint density at radius 1 is 0.900 bits per heavy atom. The van der Waals surface area contributed by atoms with Crippen molar-refractivity contribution in [1.29, 1.82) is 0 Å².